The highest BCUT2D eigenvalue weighted by molar-refractivity contribution is 5.50. The van der Waals surface area contributed by atoms with Gasteiger partial charge in [-0.3, -0.25) is 9.80 Å². The minimum Gasteiger partial charge on any atom is -0.315 e. The maximum Gasteiger partial charge on any atom is 0.0242 e. The van der Waals surface area contributed by atoms with Gasteiger partial charge in [0.1, 0.15) is 0 Å². The van der Waals surface area contributed by atoms with Crippen molar-refractivity contribution >= 4 is 0 Å². The molecule has 2 bridgehead atoms. The van der Waals surface area contributed by atoms with Gasteiger partial charge in [0, 0.05) is 52.4 Å². The van der Waals surface area contributed by atoms with E-state index in [0.29, 0.717) is 0 Å². The van der Waals surface area contributed by atoms with E-state index in [9.17, 15) is 0 Å². The van der Waals surface area contributed by atoms with Crippen molar-refractivity contribution in [2.24, 2.45) is 0 Å². The van der Waals surface area contributed by atoms with Crippen molar-refractivity contribution in [3.8, 4) is 0 Å². The quantitative estimate of drug-likeness (QED) is 0.456. The lowest BCUT2D eigenvalue weighted by Crippen LogP contribution is -2.33. The topological polar surface area (TPSA) is 30.5 Å². The molecule has 38 heavy (non-hydrogen) atoms. The zero-order valence-electron chi connectivity index (χ0n) is 24.2. The Balaban J connectivity index is 1.63. The molecule has 204 valence electrons. The molecule has 0 aromatic heterocycles. The molecule has 0 amide bonds. The van der Waals surface area contributed by atoms with E-state index in [1.807, 2.05) is 0 Å². The third-order valence-corrected chi connectivity index (χ3v) is 8.33. The van der Waals surface area contributed by atoms with Gasteiger partial charge in [0.25, 0.3) is 0 Å². The third-order valence-electron chi connectivity index (χ3n) is 8.33. The molecule has 4 heteroatoms. The molecule has 4 nitrogen and oxygen atoms in total. The van der Waals surface area contributed by atoms with Crippen molar-refractivity contribution < 1.29 is 0 Å². The summed E-state index contributed by atoms with van der Waals surface area (Å²) in [6.45, 7) is 19.8. The minimum atomic E-state index is 0.992. The summed E-state index contributed by atoms with van der Waals surface area (Å²) in [5.74, 6) is 0. The van der Waals surface area contributed by atoms with Crippen LogP contribution in [-0.4, -0.2) is 49.1 Å². The van der Waals surface area contributed by atoms with Gasteiger partial charge in [0.15, 0.2) is 0 Å². The molecule has 0 radical (unpaired) electrons. The average Bonchev–Trinajstić information content (AvgIpc) is 2.93. The van der Waals surface area contributed by atoms with Crippen molar-refractivity contribution in [3.05, 3.63) is 105 Å². The van der Waals surface area contributed by atoms with Crippen LogP contribution in [0.3, 0.4) is 0 Å². The van der Waals surface area contributed by atoms with Crippen LogP contribution < -0.4 is 10.6 Å². The fourth-order valence-corrected chi connectivity index (χ4v) is 5.78. The Labute approximate surface area is 231 Å². The SMILES string of the molecule is Cc1c(C)c2c(C)c(C)c1CN(Cc1ccccc1)CCCNCCNCCCN(Cc1ccccc1)C2. The predicted octanol–water partition coefficient (Wildman–Crippen LogP) is 5.90. The highest BCUT2D eigenvalue weighted by atomic mass is 15.1. The Bertz CT molecular complexity index is 1010. The molecule has 0 saturated heterocycles. The van der Waals surface area contributed by atoms with Gasteiger partial charge in [-0.25, -0.2) is 0 Å². The lowest BCUT2D eigenvalue weighted by molar-refractivity contribution is 0.247. The first-order chi connectivity index (χ1) is 18.5. The molecule has 2 N–H and O–H groups in total. The van der Waals surface area contributed by atoms with Crippen LogP contribution in [-0.2, 0) is 26.2 Å². The molecule has 2 heterocycles. The first-order valence-electron chi connectivity index (χ1n) is 14.5. The number of rotatable bonds is 4. The smallest absolute Gasteiger partial charge is 0.0242 e. The van der Waals surface area contributed by atoms with Crippen molar-refractivity contribution in [1.82, 2.24) is 20.4 Å². The van der Waals surface area contributed by atoms with Crippen LogP contribution in [0.25, 0.3) is 0 Å². The van der Waals surface area contributed by atoms with E-state index >= 15 is 0 Å². The summed E-state index contributed by atoms with van der Waals surface area (Å²) in [6, 6.07) is 21.9. The third kappa shape index (κ3) is 8.00. The summed E-state index contributed by atoms with van der Waals surface area (Å²) in [5, 5.41) is 7.30. The van der Waals surface area contributed by atoms with E-state index in [0.717, 1.165) is 78.3 Å². The average molecular weight is 513 g/mol. The van der Waals surface area contributed by atoms with Crippen LogP contribution in [0.1, 0.15) is 57.3 Å². The molecule has 0 atom stereocenters. The fraction of sp³-hybridized carbons (Fsp3) is 0.471. The molecule has 0 aliphatic carbocycles. The molecule has 3 aromatic carbocycles. The van der Waals surface area contributed by atoms with Crippen molar-refractivity contribution in [3.63, 3.8) is 0 Å². The molecule has 0 fully saturated rings. The Morgan fingerprint density at radius 1 is 0.526 bits per heavy atom. The Morgan fingerprint density at radius 2 is 0.895 bits per heavy atom. The second kappa shape index (κ2) is 14.6. The number of hydrogen-bond donors (Lipinski definition) is 2. The lowest BCUT2D eigenvalue weighted by atomic mass is 9.88. The van der Waals surface area contributed by atoms with Crippen LogP contribution >= 0.6 is 0 Å². The Kier molecular flexibility index (Phi) is 11.0. The Morgan fingerprint density at radius 3 is 1.26 bits per heavy atom. The highest BCUT2D eigenvalue weighted by Gasteiger charge is 2.19. The van der Waals surface area contributed by atoms with Gasteiger partial charge >= 0.3 is 0 Å². The summed E-state index contributed by atoms with van der Waals surface area (Å²) in [7, 11) is 0. The van der Waals surface area contributed by atoms with E-state index in [4.69, 9.17) is 0 Å². The van der Waals surface area contributed by atoms with Gasteiger partial charge in [-0.15, -0.1) is 0 Å². The molecule has 0 spiro atoms. The van der Waals surface area contributed by atoms with E-state index in [-0.39, 0.29) is 0 Å². The number of nitrogens with one attached hydrogen (secondary N) is 2. The first-order valence-corrected chi connectivity index (χ1v) is 14.5. The minimum absolute atomic E-state index is 0.992. The molecular weight excluding hydrogens is 464 g/mol. The molecule has 2 aliphatic rings. The summed E-state index contributed by atoms with van der Waals surface area (Å²) in [6.07, 6.45) is 2.32. The van der Waals surface area contributed by atoms with E-state index < -0.39 is 0 Å². The van der Waals surface area contributed by atoms with Gasteiger partial charge in [0.2, 0.25) is 0 Å². The van der Waals surface area contributed by atoms with Crippen LogP contribution in [0.2, 0.25) is 0 Å². The predicted molar refractivity (Wildman–Crippen MR) is 161 cm³/mol. The van der Waals surface area contributed by atoms with Gasteiger partial charge in [0.05, 0.1) is 0 Å². The first kappa shape index (κ1) is 28.5. The van der Waals surface area contributed by atoms with Crippen LogP contribution in [0.15, 0.2) is 60.7 Å². The van der Waals surface area contributed by atoms with Gasteiger partial charge in [-0.2, -0.15) is 0 Å². The number of hydrogen-bond acceptors (Lipinski definition) is 4. The molecule has 0 saturated carbocycles. The molecule has 5 rings (SSSR count). The zero-order chi connectivity index (χ0) is 26.7. The standard InChI is InChI=1S/C34H48N4/c1-27-28(2)34-26-38(24-32-15-9-6-10-16-32)22-12-18-36-20-19-35-17-11-21-37(23-31-13-7-5-8-14-31)25-33(27)29(3)30(34)4/h5-10,13-16,35-36H,11-12,17-26H2,1-4H3. The number of fused-ring (bicyclic) bond motifs is 15. The summed E-state index contributed by atoms with van der Waals surface area (Å²) in [4.78, 5) is 5.29. The Hall–Kier alpha value is -2.50. The van der Waals surface area contributed by atoms with Gasteiger partial charge < -0.3 is 10.6 Å². The van der Waals surface area contributed by atoms with E-state index in [1.165, 1.54) is 44.5 Å². The largest absolute Gasteiger partial charge is 0.315 e. The number of benzene rings is 3. The summed E-state index contributed by atoms with van der Waals surface area (Å²) >= 11 is 0. The second-order valence-electron chi connectivity index (χ2n) is 11.1. The van der Waals surface area contributed by atoms with Crippen LogP contribution in [0.5, 0.6) is 0 Å². The molecule has 2 aliphatic heterocycles. The number of nitrogens with zero attached hydrogens (tertiary/aromatic N) is 2. The van der Waals surface area contributed by atoms with E-state index in [1.54, 1.807) is 0 Å². The van der Waals surface area contributed by atoms with Crippen LogP contribution in [0, 0.1) is 27.7 Å². The monoisotopic (exact) mass is 512 g/mol. The fourth-order valence-electron chi connectivity index (χ4n) is 5.78. The van der Waals surface area contributed by atoms with Crippen molar-refractivity contribution in [1.29, 1.82) is 0 Å². The zero-order valence-corrected chi connectivity index (χ0v) is 24.2. The van der Waals surface area contributed by atoms with Gasteiger partial charge in [-0.05, 0) is 98.1 Å². The molecule has 0 unspecified atom stereocenters. The van der Waals surface area contributed by atoms with Crippen molar-refractivity contribution in [2.75, 3.05) is 39.3 Å². The normalized spacial score (nSPS) is 17.3. The van der Waals surface area contributed by atoms with E-state index in [2.05, 4.69) is 109 Å². The molecular formula is C34H48N4. The maximum absolute atomic E-state index is 3.65. The van der Waals surface area contributed by atoms with Crippen molar-refractivity contribution in [2.45, 2.75) is 66.7 Å². The second-order valence-corrected chi connectivity index (χ2v) is 11.1. The van der Waals surface area contributed by atoms with Gasteiger partial charge in [-0.1, -0.05) is 60.7 Å². The molecule has 3 aromatic rings. The summed E-state index contributed by atoms with van der Waals surface area (Å²) in [5.41, 5.74) is 11.7. The lowest BCUT2D eigenvalue weighted by Gasteiger charge is -2.30. The maximum atomic E-state index is 3.65. The highest BCUT2D eigenvalue weighted by Crippen LogP contribution is 2.30. The summed E-state index contributed by atoms with van der Waals surface area (Å²) < 4.78 is 0. The van der Waals surface area contributed by atoms with Crippen LogP contribution in [0.4, 0.5) is 0 Å².